The van der Waals surface area contributed by atoms with Crippen LogP contribution in [0.1, 0.15) is 87.4 Å². The molecule has 2 aliphatic carbocycles. The summed E-state index contributed by atoms with van der Waals surface area (Å²) in [6.07, 6.45) is 8.83. The van der Waals surface area contributed by atoms with Crippen molar-refractivity contribution < 1.29 is 4.39 Å². The molecule has 0 radical (unpaired) electrons. The van der Waals surface area contributed by atoms with Crippen LogP contribution in [0.15, 0.2) is 41.3 Å². The predicted octanol–water partition coefficient (Wildman–Crippen LogP) is 6.42. The Labute approximate surface area is 195 Å². The van der Waals surface area contributed by atoms with Crippen molar-refractivity contribution in [2.24, 2.45) is 0 Å². The number of rotatable bonds is 5. The fraction of sp³-hybridized carbons (Fsp3) is 0.536. The Balaban J connectivity index is 0.00000111. The van der Waals surface area contributed by atoms with Crippen LogP contribution in [0.5, 0.6) is 0 Å². The summed E-state index contributed by atoms with van der Waals surface area (Å²) in [7, 11) is 0. The maximum atomic E-state index is 13.5. The summed E-state index contributed by atoms with van der Waals surface area (Å²) in [6, 6.07) is 10.4. The number of piperidine rings is 1. The lowest BCUT2D eigenvalue weighted by Gasteiger charge is -2.30. The van der Waals surface area contributed by atoms with Crippen molar-refractivity contribution in [3.05, 3.63) is 63.7 Å². The van der Waals surface area contributed by atoms with Gasteiger partial charge in [0.25, 0.3) is 5.56 Å². The number of aromatic nitrogens is 2. The van der Waals surface area contributed by atoms with Crippen molar-refractivity contribution in [1.82, 2.24) is 14.5 Å². The third kappa shape index (κ3) is 4.52. The van der Waals surface area contributed by atoms with E-state index in [-0.39, 0.29) is 11.5 Å². The van der Waals surface area contributed by atoms with Gasteiger partial charge >= 0.3 is 0 Å². The number of likely N-dealkylation sites (tertiary alicyclic amines) is 1. The normalized spacial score (nSPS) is 23.1. The maximum absolute atomic E-state index is 13.5. The van der Waals surface area contributed by atoms with Crippen molar-refractivity contribution in [1.29, 1.82) is 0 Å². The molecular formula is C28H36FN3O. The number of benzene rings is 1. The average Bonchev–Trinajstić information content (AvgIpc) is 3.58. The molecule has 1 aromatic carbocycles. The minimum atomic E-state index is -0.675. The van der Waals surface area contributed by atoms with Crippen LogP contribution in [-0.2, 0) is 6.54 Å². The zero-order valence-corrected chi connectivity index (χ0v) is 19.9. The first-order valence-corrected chi connectivity index (χ1v) is 12.9. The monoisotopic (exact) mass is 449 g/mol. The molecule has 0 atom stereocenters. The van der Waals surface area contributed by atoms with Crippen LogP contribution in [0.25, 0.3) is 16.6 Å². The highest BCUT2D eigenvalue weighted by Gasteiger charge is 2.31. The fourth-order valence-corrected chi connectivity index (χ4v) is 5.40. The maximum Gasteiger partial charge on any atom is 0.279 e. The number of nitrogens with one attached hydrogen (secondary N) is 1. The van der Waals surface area contributed by atoms with E-state index in [4.69, 9.17) is 0 Å². The van der Waals surface area contributed by atoms with Crippen LogP contribution in [0.4, 0.5) is 4.39 Å². The summed E-state index contributed by atoms with van der Waals surface area (Å²) in [4.78, 5) is 19.5. The van der Waals surface area contributed by atoms with E-state index in [1.165, 1.54) is 37.7 Å². The van der Waals surface area contributed by atoms with Crippen LogP contribution < -0.4 is 5.56 Å². The topological polar surface area (TPSA) is 41.0 Å². The zero-order valence-electron chi connectivity index (χ0n) is 19.9. The van der Waals surface area contributed by atoms with Crippen molar-refractivity contribution in [2.45, 2.75) is 83.3 Å². The van der Waals surface area contributed by atoms with Crippen molar-refractivity contribution >= 4 is 10.9 Å². The molecule has 0 unspecified atom stereocenters. The lowest BCUT2D eigenvalue weighted by molar-refractivity contribution is 0.179. The quantitative estimate of drug-likeness (QED) is 0.488. The van der Waals surface area contributed by atoms with E-state index in [0.717, 1.165) is 47.5 Å². The number of hydrogen-bond acceptors (Lipinski definition) is 2. The first kappa shape index (κ1) is 22.4. The molecule has 0 amide bonds. The van der Waals surface area contributed by atoms with Gasteiger partial charge in [0.2, 0.25) is 0 Å². The lowest BCUT2D eigenvalue weighted by atomic mass is 9.78. The number of aromatic amines is 1. The van der Waals surface area contributed by atoms with Gasteiger partial charge < -0.3 is 4.98 Å². The largest absolute Gasteiger partial charge is 0.353 e. The summed E-state index contributed by atoms with van der Waals surface area (Å²) in [5, 5.41) is 1.10. The van der Waals surface area contributed by atoms with Crippen LogP contribution in [0, 0.1) is 0 Å². The molecule has 176 valence electrons. The highest BCUT2D eigenvalue weighted by molar-refractivity contribution is 5.84. The molecule has 2 aromatic heterocycles. The molecule has 1 saturated heterocycles. The summed E-state index contributed by atoms with van der Waals surface area (Å²) < 4.78 is 15.2. The van der Waals surface area contributed by atoms with Gasteiger partial charge in [0, 0.05) is 29.5 Å². The van der Waals surface area contributed by atoms with Gasteiger partial charge in [-0.25, -0.2) is 4.39 Å². The average molecular weight is 450 g/mol. The molecule has 2 saturated carbocycles. The van der Waals surface area contributed by atoms with E-state index >= 15 is 0 Å². The highest BCUT2D eigenvalue weighted by Crippen LogP contribution is 2.43. The third-order valence-corrected chi connectivity index (χ3v) is 7.45. The van der Waals surface area contributed by atoms with Crippen molar-refractivity contribution in [3.8, 4) is 5.69 Å². The fourth-order valence-electron chi connectivity index (χ4n) is 5.40. The standard InChI is InChI=1S/C26H30FN3O.C2H6/c27-20-11-19(12-20)18-5-4-6-22(13-18)30-16-24(17-7-8-17)23-14-21(28-25(23)26(30)31)15-29-9-2-1-3-10-29;1-2/h4-6,13-14,16-17,19-20,28H,1-3,7-12,15H2;1-2H3. The smallest absolute Gasteiger partial charge is 0.279 e. The molecule has 3 aliphatic rings. The van der Waals surface area contributed by atoms with E-state index in [2.05, 4.69) is 34.3 Å². The highest BCUT2D eigenvalue weighted by atomic mass is 19.1. The molecule has 3 aromatic rings. The SMILES string of the molecule is CC.O=c1c2[nH]c(CN3CCCCC3)cc2c(C2CC2)cn1-c1cccc(C2CC(F)C2)c1. The molecular weight excluding hydrogens is 413 g/mol. The Bertz CT molecular complexity index is 1160. The molecule has 0 bridgehead atoms. The van der Waals surface area contributed by atoms with E-state index in [0.29, 0.717) is 18.8 Å². The number of H-pyrrole nitrogens is 1. The number of nitrogens with zero attached hydrogens (tertiary/aromatic N) is 2. The van der Waals surface area contributed by atoms with Gasteiger partial charge in [-0.1, -0.05) is 32.4 Å². The number of hydrogen-bond donors (Lipinski definition) is 1. The summed E-state index contributed by atoms with van der Waals surface area (Å²) >= 11 is 0. The zero-order chi connectivity index (χ0) is 22.9. The second-order valence-electron chi connectivity index (χ2n) is 9.81. The van der Waals surface area contributed by atoms with E-state index in [9.17, 15) is 9.18 Å². The van der Waals surface area contributed by atoms with Gasteiger partial charge in [0.15, 0.2) is 0 Å². The van der Waals surface area contributed by atoms with Crippen LogP contribution >= 0.6 is 0 Å². The second kappa shape index (κ2) is 9.46. The molecule has 5 heteroatoms. The Morgan fingerprint density at radius 1 is 1.03 bits per heavy atom. The van der Waals surface area contributed by atoms with Gasteiger partial charge in [-0.2, -0.15) is 0 Å². The molecule has 33 heavy (non-hydrogen) atoms. The van der Waals surface area contributed by atoms with Crippen LogP contribution in [0.3, 0.4) is 0 Å². The first-order chi connectivity index (χ1) is 16.2. The van der Waals surface area contributed by atoms with Gasteiger partial charge in [0.05, 0.1) is 0 Å². The summed E-state index contributed by atoms with van der Waals surface area (Å²) in [5.41, 5.74) is 5.21. The molecule has 1 N–H and O–H groups in total. The minimum Gasteiger partial charge on any atom is -0.353 e. The van der Waals surface area contributed by atoms with Crippen molar-refractivity contribution in [3.63, 3.8) is 0 Å². The van der Waals surface area contributed by atoms with Gasteiger partial charge in [-0.15, -0.1) is 0 Å². The Kier molecular flexibility index (Phi) is 6.42. The van der Waals surface area contributed by atoms with Gasteiger partial charge in [-0.3, -0.25) is 14.3 Å². The molecule has 3 heterocycles. The Morgan fingerprint density at radius 2 is 1.79 bits per heavy atom. The minimum absolute atomic E-state index is 0.0124. The summed E-state index contributed by atoms with van der Waals surface area (Å²) in [6.45, 7) is 7.17. The van der Waals surface area contributed by atoms with E-state index in [1.807, 2.05) is 30.5 Å². The van der Waals surface area contributed by atoms with Gasteiger partial charge in [-0.05, 0) is 92.8 Å². The third-order valence-electron chi connectivity index (χ3n) is 7.45. The Morgan fingerprint density at radius 3 is 2.48 bits per heavy atom. The van der Waals surface area contributed by atoms with E-state index in [1.54, 1.807) is 0 Å². The molecule has 0 spiro atoms. The molecule has 4 nitrogen and oxygen atoms in total. The molecule has 1 aliphatic heterocycles. The number of pyridine rings is 1. The predicted molar refractivity (Wildman–Crippen MR) is 133 cm³/mol. The number of alkyl halides is 1. The lowest BCUT2D eigenvalue weighted by Crippen LogP contribution is -2.29. The number of halogens is 1. The van der Waals surface area contributed by atoms with Crippen molar-refractivity contribution in [2.75, 3.05) is 13.1 Å². The number of fused-ring (bicyclic) bond motifs is 1. The molecule has 3 fully saturated rings. The first-order valence-electron chi connectivity index (χ1n) is 12.9. The van der Waals surface area contributed by atoms with Gasteiger partial charge in [0.1, 0.15) is 11.7 Å². The van der Waals surface area contributed by atoms with Crippen LogP contribution in [0.2, 0.25) is 0 Å². The molecule has 6 rings (SSSR count). The van der Waals surface area contributed by atoms with E-state index < -0.39 is 6.17 Å². The summed E-state index contributed by atoms with van der Waals surface area (Å²) in [5.74, 6) is 0.828. The second-order valence-corrected chi connectivity index (χ2v) is 9.81. The Hall–Kier alpha value is -2.40. The van der Waals surface area contributed by atoms with Crippen LogP contribution in [-0.4, -0.2) is 33.7 Å².